The number of ether oxygens (including phenoxy) is 1. The van der Waals surface area contributed by atoms with E-state index in [0.29, 0.717) is 24.4 Å². The quantitative estimate of drug-likeness (QED) is 0.384. The summed E-state index contributed by atoms with van der Waals surface area (Å²) in [6.45, 7) is 9.05. The van der Waals surface area contributed by atoms with Gasteiger partial charge in [-0.05, 0) is 51.2 Å². The van der Waals surface area contributed by atoms with E-state index in [1.807, 2.05) is 31.0 Å². The normalized spacial score (nSPS) is 16.2. The Kier molecular flexibility index (Phi) is 6.27. The van der Waals surface area contributed by atoms with Crippen LogP contribution in [0.4, 0.5) is 31.8 Å². The maximum Gasteiger partial charge on any atom is 0.227 e. The fraction of sp³-hybridized carbons (Fsp3) is 0.357. The minimum absolute atomic E-state index is 0.0234. The molecule has 2 aromatic heterocycles. The summed E-state index contributed by atoms with van der Waals surface area (Å²) in [6, 6.07) is 9.27. The van der Waals surface area contributed by atoms with Crippen molar-refractivity contribution in [2.45, 2.75) is 19.9 Å². The molecular formula is C28H31F2N7O. The Morgan fingerprint density at radius 2 is 1.82 bits per heavy atom. The maximum absolute atomic E-state index is 15.0. The van der Waals surface area contributed by atoms with Crippen LogP contribution in [-0.4, -0.2) is 72.3 Å². The van der Waals surface area contributed by atoms with Gasteiger partial charge in [0.05, 0.1) is 29.6 Å². The second-order valence-corrected chi connectivity index (χ2v) is 10.1. The third-order valence-electron chi connectivity index (χ3n) is 7.34. The van der Waals surface area contributed by atoms with Crippen LogP contribution in [0.25, 0.3) is 22.2 Å². The number of rotatable bonds is 5. The number of nitrogens with one attached hydrogen (secondary N) is 2. The number of H-pyrrole nitrogens is 1. The lowest BCUT2D eigenvalue weighted by molar-refractivity contribution is 0.287. The van der Waals surface area contributed by atoms with E-state index in [4.69, 9.17) is 4.74 Å². The molecule has 0 unspecified atom stereocenters. The summed E-state index contributed by atoms with van der Waals surface area (Å²) in [4.78, 5) is 18.7. The lowest BCUT2D eigenvalue weighted by Crippen LogP contribution is -2.44. The Balaban J connectivity index is 1.33. The molecule has 0 amide bonds. The number of likely N-dealkylation sites (N-methyl/N-ethyl adjacent to an activating group) is 1. The zero-order valence-electron chi connectivity index (χ0n) is 21.8. The number of aromatic amines is 1. The Morgan fingerprint density at radius 3 is 2.61 bits per heavy atom. The molecule has 2 aliphatic heterocycles. The number of fused-ring (bicyclic) bond motifs is 2. The molecule has 4 heterocycles. The van der Waals surface area contributed by atoms with E-state index in [-0.39, 0.29) is 23.4 Å². The number of anilines is 4. The van der Waals surface area contributed by atoms with Crippen molar-refractivity contribution in [1.82, 2.24) is 19.9 Å². The van der Waals surface area contributed by atoms with Gasteiger partial charge in [0.2, 0.25) is 5.95 Å². The molecule has 6 rings (SSSR count). The first-order valence-corrected chi connectivity index (χ1v) is 13.0. The van der Waals surface area contributed by atoms with Crippen molar-refractivity contribution in [3.8, 4) is 17.0 Å². The highest BCUT2D eigenvalue weighted by atomic mass is 19.1. The maximum atomic E-state index is 15.0. The van der Waals surface area contributed by atoms with Crippen molar-refractivity contribution in [3.05, 3.63) is 54.4 Å². The van der Waals surface area contributed by atoms with Gasteiger partial charge in [-0.2, -0.15) is 0 Å². The van der Waals surface area contributed by atoms with Gasteiger partial charge in [-0.25, -0.2) is 18.7 Å². The highest BCUT2D eigenvalue weighted by Crippen LogP contribution is 2.40. The molecule has 198 valence electrons. The summed E-state index contributed by atoms with van der Waals surface area (Å²) < 4.78 is 35.6. The highest BCUT2D eigenvalue weighted by molar-refractivity contribution is 6.01. The molecule has 2 aliphatic rings. The van der Waals surface area contributed by atoms with Gasteiger partial charge in [0.25, 0.3) is 0 Å². The minimum atomic E-state index is -0.627. The van der Waals surface area contributed by atoms with E-state index < -0.39 is 11.6 Å². The second kappa shape index (κ2) is 9.75. The molecule has 38 heavy (non-hydrogen) atoms. The van der Waals surface area contributed by atoms with Gasteiger partial charge in [0, 0.05) is 55.1 Å². The molecule has 10 heteroatoms. The average molecular weight is 520 g/mol. The van der Waals surface area contributed by atoms with Gasteiger partial charge in [-0.1, -0.05) is 0 Å². The minimum Gasteiger partial charge on any atom is -0.486 e. The van der Waals surface area contributed by atoms with Crippen LogP contribution in [0.15, 0.2) is 42.7 Å². The standard InChI is InChI=1S/C28H31F2N7O/c1-17(2)37-12-13-38-27-20(29)14-18(15-24(27)37)25-21(30)16-32-28(34-25)33-22-4-5-23(19-6-7-31-26(19)22)36-10-8-35(3)9-11-36/h4-7,14-17,31H,8-13H2,1-3H3,(H,32,33,34). The number of halogens is 2. The first kappa shape index (κ1) is 24.4. The van der Waals surface area contributed by atoms with Crippen LogP contribution >= 0.6 is 0 Å². The summed E-state index contributed by atoms with van der Waals surface area (Å²) in [5.74, 6) is -0.753. The van der Waals surface area contributed by atoms with E-state index in [1.54, 1.807) is 6.07 Å². The van der Waals surface area contributed by atoms with Gasteiger partial charge in [0.15, 0.2) is 17.4 Å². The fourth-order valence-corrected chi connectivity index (χ4v) is 5.29. The molecule has 0 radical (unpaired) electrons. The smallest absolute Gasteiger partial charge is 0.227 e. The molecule has 4 aromatic rings. The number of benzene rings is 2. The van der Waals surface area contributed by atoms with Gasteiger partial charge in [-0.15, -0.1) is 0 Å². The van der Waals surface area contributed by atoms with Crippen LogP contribution < -0.4 is 19.9 Å². The lowest BCUT2D eigenvalue weighted by atomic mass is 10.1. The number of aromatic nitrogens is 3. The molecule has 2 N–H and O–H groups in total. The SMILES string of the molecule is CC(C)N1CCOc2c(F)cc(-c3nc(Nc4ccc(N5CCN(C)CC5)c5cc[nH]c45)ncc3F)cc21. The number of piperazine rings is 1. The third kappa shape index (κ3) is 4.38. The van der Waals surface area contributed by atoms with E-state index in [9.17, 15) is 4.39 Å². The molecular weight excluding hydrogens is 488 g/mol. The molecule has 0 spiro atoms. The van der Waals surface area contributed by atoms with Crippen LogP contribution in [-0.2, 0) is 0 Å². The first-order chi connectivity index (χ1) is 18.4. The van der Waals surface area contributed by atoms with Crippen LogP contribution in [0.2, 0.25) is 0 Å². The van der Waals surface area contributed by atoms with Crippen LogP contribution in [0.5, 0.6) is 5.75 Å². The molecule has 1 fully saturated rings. The van der Waals surface area contributed by atoms with Gasteiger partial charge < -0.3 is 29.7 Å². The van der Waals surface area contributed by atoms with Gasteiger partial charge in [0.1, 0.15) is 12.3 Å². The van der Waals surface area contributed by atoms with E-state index in [0.717, 1.165) is 49.0 Å². The summed E-state index contributed by atoms with van der Waals surface area (Å²) in [5.41, 5.74) is 3.81. The Morgan fingerprint density at radius 1 is 1.00 bits per heavy atom. The largest absolute Gasteiger partial charge is 0.486 e. The summed E-state index contributed by atoms with van der Waals surface area (Å²) >= 11 is 0. The molecule has 2 aromatic carbocycles. The summed E-state index contributed by atoms with van der Waals surface area (Å²) in [7, 11) is 2.14. The highest BCUT2D eigenvalue weighted by Gasteiger charge is 2.26. The fourth-order valence-electron chi connectivity index (χ4n) is 5.29. The van der Waals surface area contributed by atoms with Crippen LogP contribution in [0.1, 0.15) is 13.8 Å². The molecule has 1 saturated heterocycles. The molecule has 0 saturated carbocycles. The predicted octanol–water partition coefficient (Wildman–Crippen LogP) is 5.01. The molecule has 0 atom stereocenters. The van der Waals surface area contributed by atoms with Crippen molar-refractivity contribution >= 4 is 33.9 Å². The first-order valence-electron chi connectivity index (χ1n) is 13.0. The monoisotopic (exact) mass is 519 g/mol. The lowest BCUT2D eigenvalue weighted by Gasteiger charge is -2.34. The molecule has 8 nitrogen and oxygen atoms in total. The van der Waals surface area contributed by atoms with E-state index >= 15 is 4.39 Å². The Hall–Kier alpha value is -3.92. The number of nitrogens with zero attached hydrogens (tertiary/aromatic N) is 5. The summed E-state index contributed by atoms with van der Waals surface area (Å²) in [5, 5.41) is 4.33. The number of hydrogen-bond acceptors (Lipinski definition) is 7. The second-order valence-electron chi connectivity index (χ2n) is 10.1. The topological polar surface area (TPSA) is 72.6 Å². The van der Waals surface area contributed by atoms with E-state index in [2.05, 4.69) is 49.2 Å². The average Bonchev–Trinajstić information content (AvgIpc) is 3.41. The molecule has 0 aliphatic carbocycles. The third-order valence-corrected chi connectivity index (χ3v) is 7.34. The van der Waals surface area contributed by atoms with E-state index in [1.165, 1.54) is 11.8 Å². The number of hydrogen-bond donors (Lipinski definition) is 2. The van der Waals surface area contributed by atoms with Crippen molar-refractivity contribution in [1.29, 1.82) is 0 Å². The van der Waals surface area contributed by atoms with Crippen LogP contribution in [0.3, 0.4) is 0 Å². The molecule has 0 bridgehead atoms. The van der Waals surface area contributed by atoms with Gasteiger partial charge in [-0.3, -0.25) is 0 Å². The summed E-state index contributed by atoms with van der Waals surface area (Å²) in [6.07, 6.45) is 3.02. The zero-order chi connectivity index (χ0) is 26.4. The van der Waals surface area contributed by atoms with Crippen molar-refractivity contribution in [2.75, 3.05) is 61.5 Å². The van der Waals surface area contributed by atoms with Gasteiger partial charge >= 0.3 is 0 Å². The van der Waals surface area contributed by atoms with Crippen molar-refractivity contribution in [2.24, 2.45) is 0 Å². The van der Waals surface area contributed by atoms with Crippen LogP contribution in [0, 0.1) is 11.6 Å². The zero-order valence-corrected chi connectivity index (χ0v) is 21.8. The predicted molar refractivity (Wildman–Crippen MR) is 147 cm³/mol. The Bertz CT molecular complexity index is 1480. The van der Waals surface area contributed by atoms with Crippen molar-refractivity contribution in [3.63, 3.8) is 0 Å². The Labute approximate surface area is 220 Å². The van der Waals surface area contributed by atoms with Crippen molar-refractivity contribution < 1.29 is 13.5 Å².